The lowest BCUT2D eigenvalue weighted by molar-refractivity contribution is -0.157. The van der Waals surface area contributed by atoms with E-state index in [0.29, 0.717) is 31.1 Å². The quantitative estimate of drug-likeness (QED) is 0.763. The number of aromatic nitrogens is 2. The topological polar surface area (TPSA) is 68.5 Å². The zero-order chi connectivity index (χ0) is 20.3. The van der Waals surface area contributed by atoms with E-state index in [4.69, 9.17) is 9.15 Å². The Morgan fingerprint density at radius 2 is 2.00 bits per heavy atom. The zero-order valence-corrected chi connectivity index (χ0v) is 15.7. The van der Waals surface area contributed by atoms with Gasteiger partial charge in [-0.15, -0.1) is 10.2 Å². The number of hydrogen-bond acceptors (Lipinski definition) is 5. The van der Waals surface area contributed by atoms with Crippen molar-refractivity contribution in [3.63, 3.8) is 0 Å². The monoisotopic (exact) mass is 397 g/mol. The number of rotatable bonds is 5. The molecule has 0 bridgehead atoms. The Labute approximate surface area is 160 Å². The molecule has 1 fully saturated rings. The molecule has 0 N–H and O–H groups in total. The summed E-state index contributed by atoms with van der Waals surface area (Å²) in [5.74, 6) is -1.09. The lowest BCUT2D eigenvalue weighted by atomic mass is 9.98. The number of piperidine rings is 1. The second kappa shape index (κ2) is 8.20. The highest BCUT2D eigenvalue weighted by atomic mass is 19.4. The third kappa shape index (κ3) is 4.82. The molecule has 1 aliphatic heterocycles. The van der Waals surface area contributed by atoms with Gasteiger partial charge in [0, 0.05) is 13.1 Å². The fourth-order valence-corrected chi connectivity index (χ4v) is 3.10. The Balaban J connectivity index is 1.56. The SMILES string of the molecule is CC(C)c1ccc(OCC(=O)N2CCC[C@H](c3nnc(C(F)(F)F)o3)C2)cc1. The van der Waals surface area contributed by atoms with Gasteiger partial charge >= 0.3 is 12.1 Å². The summed E-state index contributed by atoms with van der Waals surface area (Å²) >= 11 is 0. The molecule has 152 valence electrons. The molecule has 28 heavy (non-hydrogen) atoms. The van der Waals surface area contributed by atoms with Gasteiger partial charge in [0.1, 0.15) is 5.75 Å². The van der Waals surface area contributed by atoms with Gasteiger partial charge in [0.25, 0.3) is 5.91 Å². The van der Waals surface area contributed by atoms with Gasteiger partial charge in [-0.3, -0.25) is 4.79 Å². The number of alkyl halides is 3. The van der Waals surface area contributed by atoms with Crippen molar-refractivity contribution in [3.05, 3.63) is 41.6 Å². The Kier molecular flexibility index (Phi) is 5.90. The van der Waals surface area contributed by atoms with Gasteiger partial charge in [-0.2, -0.15) is 13.2 Å². The maximum Gasteiger partial charge on any atom is 0.470 e. The number of halogens is 3. The average molecular weight is 397 g/mol. The maximum atomic E-state index is 12.6. The molecule has 1 amide bonds. The van der Waals surface area contributed by atoms with Crippen LogP contribution in [0.4, 0.5) is 13.2 Å². The van der Waals surface area contributed by atoms with Crippen molar-refractivity contribution in [2.75, 3.05) is 19.7 Å². The van der Waals surface area contributed by atoms with Crippen LogP contribution in [0.2, 0.25) is 0 Å². The lowest BCUT2D eigenvalue weighted by Crippen LogP contribution is -2.41. The summed E-state index contributed by atoms with van der Waals surface area (Å²) in [6.45, 7) is 4.80. The number of ether oxygens (including phenoxy) is 1. The molecule has 1 aliphatic rings. The minimum atomic E-state index is -4.67. The molecule has 0 unspecified atom stereocenters. The molecule has 0 spiro atoms. The summed E-state index contributed by atoms with van der Waals surface area (Å²) in [6.07, 6.45) is -3.45. The van der Waals surface area contributed by atoms with Gasteiger partial charge < -0.3 is 14.1 Å². The molecule has 6 nitrogen and oxygen atoms in total. The molecule has 9 heteroatoms. The number of nitrogens with zero attached hydrogens (tertiary/aromatic N) is 3. The fraction of sp³-hybridized carbons (Fsp3) is 0.526. The van der Waals surface area contributed by atoms with Crippen molar-refractivity contribution in [2.24, 2.45) is 0 Å². The van der Waals surface area contributed by atoms with Crippen LogP contribution in [0, 0.1) is 0 Å². The summed E-state index contributed by atoms with van der Waals surface area (Å²) in [7, 11) is 0. The molecular weight excluding hydrogens is 375 g/mol. The molecule has 1 saturated heterocycles. The van der Waals surface area contributed by atoms with Gasteiger partial charge in [0.15, 0.2) is 6.61 Å². The van der Waals surface area contributed by atoms with E-state index in [-0.39, 0.29) is 24.9 Å². The molecule has 3 rings (SSSR count). The fourth-order valence-electron chi connectivity index (χ4n) is 3.10. The third-order valence-electron chi connectivity index (χ3n) is 4.72. The van der Waals surface area contributed by atoms with Crippen LogP contribution < -0.4 is 4.74 Å². The predicted octanol–water partition coefficient (Wildman–Crippen LogP) is 4.00. The molecule has 0 aliphatic carbocycles. The summed E-state index contributed by atoms with van der Waals surface area (Å²) in [6, 6.07) is 7.54. The first-order valence-electron chi connectivity index (χ1n) is 9.15. The highest BCUT2D eigenvalue weighted by molar-refractivity contribution is 5.78. The minimum absolute atomic E-state index is 0.0879. The molecule has 1 aromatic carbocycles. The first-order valence-corrected chi connectivity index (χ1v) is 9.15. The number of amides is 1. The van der Waals surface area contributed by atoms with E-state index in [1.54, 1.807) is 4.90 Å². The Morgan fingerprint density at radius 3 is 2.61 bits per heavy atom. The van der Waals surface area contributed by atoms with E-state index < -0.39 is 18.0 Å². The van der Waals surface area contributed by atoms with Crippen molar-refractivity contribution in [1.29, 1.82) is 0 Å². The van der Waals surface area contributed by atoms with E-state index in [2.05, 4.69) is 24.0 Å². The highest BCUT2D eigenvalue weighted by Crippen LogP contribution is 2.32. The van der Waals surface area contributed by atoms with Gasteiger partial charge in [0.05, 0.1) is 5.92 Å². The van der Waals surface area contributed by atoms with Crippen molar-refractivity contribution in [3.8, 4) is 5.75 Å². The molecule has 2 heterocycles. The second-order valence-electron chi connectivity index (χ2n) is 7.13. The Hall–Kier alpha value is -2.58. The summed E-state index contributed by atoms with van der Waals surface area (Å²) < 4.78 is 48.2. The molecule has 0 saturated carbocycles. The molecule has 0 radical (unpaired) electrons. The van der Waals surface area contributed by atoms with Crippen LogP contribution >= 0.6 is 0 Å². The Morgan fingerprint density at radius 1 is 1.29 bits per heavy atom. The van der Waals surface area contributed by atoms with Crippen molar-refractivity contribution in [2.45, 2.75) is 44.7 Å². The summed E-state index contributed by atoms with van der Waals surface area (Å²) in [5, 5.41) is 6.57. The zero-order valence-electron chi connectivity index (χ0n) is 15.7. The van der Waals surface area contributed by atoms with Crippen molar-refractivity contribution in [1.82, 2.24) is 15.1 Å². The van der Waals surface area contributed by atoms with Gasteiger partial charge in [0.2, 0.25) is 5.89 Å². The van der Waals surface area contributed by atoms with E-state index in [1.165, 1.54) is 5.56 Å². The molecular formula is C19H22F3N3O3. The van der Waals surface area contributed by atoms with Crippen LogP contribution in [0.5, 0.6) is 5.75 Å². The van der Waals surface area contributed by atoms with E-state index in [9.17, 15) is 18.0 Å². The lowest BCUT2D eigenvalue weighted by Gasteiger charge is -2.31. The number of hydrogen-bond donors (Lipinski definition) is 0. The largest absolute Gasteiger partial charge is 0.484 e. The summed E-state index contributed by atoms with van der Waals surface area (Å²) in [5.41, 5.74) is 1.18. The first kappa shape index (κ1) is 20.2. The Bertz CT molecular complexity index is 803. The minimum Gasteiger partial charge on any atom is -0.484 e. The van der Waals surface area contributed by atoms with Crippen LogP contribution in [-0.4, -0.2) is 40.7 Å². The number of benzene rings is 1. The van der Waals surface area contributed by atoms with Gasteiger partial charge in [-0.25, -0.2) is 0 Å². The average Bonchev–Trinajstić information content (AvgIpc) is 3.17. The first-order chi connectivity index (χ1) is 13.2. The van der Waals surface area contributed by atoms with Gasteiger partial charge in [-0.05, 0) is 36.5 Å². The third-order valence-corrected chi connectivity index (χ3v) is 4.72. The van der Waals surface area contributed by atoms with Crippen LogP contribution in [-0.2, 0) is 11.0 Å². The van der Waals surface area contributed by atoms with Crippen LogP contribution in [0.3, 0.4) is 0 Å². The van der Waals surface area contributed by atoms with Crippen LogP contribution in [0.25, 0.3) is 0 Å². The molecule has 1 aromatic heterocycles. The van der Waals surface area contributed by atoms with Crippen LogP contribution in [0.1, 0.15) is 55.9 Å². The number of carbonyl (C=O) groups excluding carboxylic acids is 1. The van der Waals surface area contributed by atoms with Crippen LogP contribution in [0.15, 0.2) is 28.7 Å². The normalized spacial score (nSPS) is 17.8. The standard InChI is InChI=1S/C19H22F3N3O3/c1-12(2)13-5-7-15(8-6-13)27-11-16(26)25-9-3-4-14(10-25)17-23-24-18(28-17)19(20,21)22/h5-8,12,14H,3-4,9-11H2,1-2H3/t14-/m0/s1. The molecule has 2 aromatic rings. The van der Waals surface area contributed by atoms with E-state index in [1.807, 2.05) is 24.3 Å². The van der Waals surface area contributed by atoms with Crippen molar-refractivity contribution >= 4 is 5.91 Å². The maximum absolute atomic E-state index is 12.6. The second-order valence-corrected chi connectivity index (χ2v) is 7.13. The number of likely N-dealkylation sites (tertiary alicyclic amines) is 1. The van der Waals surface area contributed by atoms with Crippen molar-refractivity contribution < 1.29 is 27.1 Å². The highest BCUT2D eigenvalue weighted by Gasteiger charge is 2.39. The van der Waals surface area contributed by atoms with Gasteiger partial charge in [-0.1, -0.05) is 26.0 Å². The van der Waals surface area contributed by atoms with E-state index >= 15 is 0 Å². The summed E-state index contributed by atoms with van der Waals surface area (Å²) in [4.78, 5) is 14.0. The van der Waals surface area contributed by atoms with E-state index in [0.717, 1.165) is 0 Å². The predicted molar refractivity (Wildman–Crippen MR) is 93.9 cm³/mol. The molecule has 1 atom stereocenters. The number of carbonyl (C=O) groups is 1. The smallest absolute Gasteiger partial charge is 0.470 e.